The smallest absolute Gasteiger partial charge is 0.155 e. The minimum Gasteiger partial charge on any atom is -0.512 e. The molecule has 4 heteroatoms. The van der Waals surface area contributed by atoms with Gasteiger partial charge in [0.15, 0.2) is 5.78 Å². The van der Waals surface area contributed by atoms with Gasteiger partial charge in [-0.1, -0.05) is 60.0 Å². The Morgan fingerprint density at radius 2 is 1.77 bits per heavy atom. The second-order valence-corrected chi connectivity index (χ2v) is 7.01. The summed E-state index contributed by atoms with van der Waals surface area (Å²) in [5, 5.41) is 12.0. The fraction of sp³-hybridized carbons (Fsp3) is 0.0769. The maximum absolute atomic E-state index is 10.0. The largest absolute Gasteiger partial charge is 0.512 e. The van der Waals surface area contributed by atoms with Crippen LogP contribution in [0.15, 0.2) is 72.5 Å². The first-order valence-electron chi connectivity index (χ1n) is 9.42. The van der Waals surface area contributed by atoms with Gasteiger partial charge in [-0.25, -0.2) is 0 Å². The van der Waals surface area contributed by atoms with Crippen molar-refractivity contribution in [2.75, 3.05) is 0 Å². The molecule has 5 rings (SSSR count). The molecule has 0 bridgehead atoms. The van der Waals surface area contributed by atoms with Crippen LogP contribution in [0.5, 0.6) is 0 Å². The van der Waals surface area contributed by atoms with Crippen molar-refractivity contribution in [1.29, 1.82) is 0 Å². The molecule has 1 N–H and O–H groups in total. The fourth-order valence-electron chi connectivity index (χ4n) is 3.59. The van der Waals surface area contributed by atoms with Gasteiger partial charge in [0.1, 0.15) is 0 Å². The number of aliphatic hydroxyl groups excluding tert-OH is 1. The Bertz CT molecular complexity index is 1300. The molecule has 0 spiro atoms. The van der Waals surface area contributed by atoms with E-state index in [9.17, 15) is 4.79 Å². The van der Waals surface area contributed by atoms with Gasteiger partial charge in [0.25, 0.3) is 0 Å². The quantitative estimate of drug-likeness (QED) is 0.152. The van der Waals surface area contributed by atoms with E-state index in [2.05, 4.69) is 72.8 Å². The molecule has 1 aliphatic rings. The summed E-state index contributed by atoms with van der Waals surface area (Å²) < 4.78 is 0. The third-order valence-electron chi connectivity index (χ3n) is 4.73. The summed E-state index contributed by atoms with van der Waals surface area (Å²) in [7, 11) is 0. The molecule has 1 aromatic heterocycles. The van der Waals surface area contributed by atoms with Crippen molar-refractivity contribution in [3.05, 3.63) is 89.7 Å². The van der Waals surface area contributed by atoms with Crippen LogP contribution >= 0.6 is 0 Å². The third-order valence-corrected chi connectivity index (χ3v) is 4.73. The number of rotatable bonds is 2. The molecule has 151 valence electrons. The number of pyridine rings is 1. The molecule has 0 fully saturated rings. The van der Waals surface area contributed by atoms with Gasteiger partial charge < -0.3 is 5.11 Å². The van der Waals surface area contributed by atoms with Crippen LogP contribution in [0.3, 0.4) is 0 Å². The van der Waals surface area contributed by atoms with Gasteiger partial charge in [-0.05, 0) is 36.7 Å². The van der Waals surface area contributed by atoms with Crippen LogP contribution in [0.25, 0.3) is 45.1 Å². The Kier molecular flexibility index (Phi) is 6.61. The van der Waals surface area contributed by atoms with E-state index < -0.39 is 0 Å². The van der Waals surface area contributed by atoms with E-state index in [0.717, 1.165) is 16.8 Å². The number of aromatic nitrogens is 1. The van der Waals surface area contributed by atoms with Crippen molar-refractivity contribution in [3.8, 4) is 11.3 Å². The molecule has 30 heavy (non-hydrogen) atoms. The zero-order valence-electron chi connectivity index (χ0n) is 16.6. The molecule has 3 aromatic carbocycles. The van der Waals surface area contributed by atoms with Crippen molar-refractivity contribution >= 4 is 39.6 Å². The molecule has 1 aliphatic carbocycles. The van der Waals surface area contributed by atoms with E-state index in [4.69, 9.17) is 10.1 Å². The number of aliphatic hydroxyl groups is 1. The number of ketones is 1. The topological polar surface area (TPSA) is 50.2 Å². The maximum atomic E-state index is 10.0. The molecule has 0 unspecified atom stereocenters. The first-order chi connectivity index (χ1) is 14.0. The fourth-order valence-corrected chi connectivity index (χ4v) is 3.59. The van der Waals surface area contributed by atoms with Gasteiger partial charge in [0.2, 0.25) is 0 Å². The van der Waals surface area contributed by atoms with Gasteiger partial charge in [0.05, 0.1) is 11.3 Å². The predicted octanol–water partition coefficient (Wildman–Crippen LogP) is 6.37. The summed E-state index contributed by atoms with van der Waals surface area (Å²) in [6, 6.07) is 24.3. The van der Waals surface area contributed by atoms with E-state index in [1.54, 1.807) is 0 Å². The normalized spacial score (nSPS) is 11.7. The predicted molar refractivity (Wildman–Crippen MR) is 120 cm³/mol. The molecule has 4 aromatic rings. The van der Waals surface area contributed by atoms with Crippen LogP contribution in [-0.2, 0) is 24.9 Å². The summed E-state index contributed by atoms with van der Waals surface area (Å²) >= 11 is 0. The van der Waals surface area contributed by atoms with Gasteiger partial charge in [-0.15, -0.1) is 29.1 Å². The Hall–Kier alpha value is -3.07. The summed E-state index contributed by atoms with van der Waals surface area (Å²) in [6.07, 6.45) is 5.50. The van der Waals surface area contributed by atoms with E-state index in [-0.39, 0.29) is 31.6 Å². The van der Waals surface area contributed by atoms with E-state index >= 15 is 0 Å². The van der Waals surface area contributed by atoms with Gasteiger partial charge >= 0.3 is 0 Å². The molecule has 0 aliphatic heterocycles. The van der Waals surface area contributed by atoms with Crippen LogP contribution in [0.2, 0.25) is 0 Å². The number of hydrogen-bond acceptors (Lipinski definition) is 3. The van der Waals surface area contributed by atoms with Crippen LogP contribution in [0.1, 0.15) is 25.0 Å². The number of nitrogens with zero attached hydrogens (tertiary/aromatic N) is 1. The third kappa shape index (κ3) is 4.40. The van der Waals surface area contributed by atoms with Crippen LogP contribution in [0.4, 0.5) is 0 Å². The summed E-state index contributed by atoms with van der Waals surface area (Å²) in [4.78, 5) is 14.9. The van der Waals surface area contributed by atoms with Gasteiger partial charge in [-0.2, -0.15) is 0 Å². The van der Waals surface area contributed by atoms with Crippen molar-refractivity contribution < 1.29 is 30.0 Å². The number of carbonyl (C=O) groups excluding carboxylic acids is 1. The van der Waals surface area contributed by atoms with Gasteiger partial charge in [-0.3, -0.25) is 9.78 Å². The average molecular weight is 571 g/mol. The summed E-state index contributed by atoms with van der Waals surface area (Å²) in [5.41, 5.74) is 5.62. The average Bonchev–Trinajstić information content (AvgIpc) is 3.12. The van der Waals surface area contributed by atoms with E-state index in [1.165, 1.54) is 47.2 Å². The minimum atomic E-state index is -0.125. The maximum Gasteiger partial charge on any atom is 0.155 e. The van der Waals surface area contributed by atoms with Crippen LogP contribution in [0, 0.1) is 6.07 Å². The minimum absolute atomic E-state index is 0. The zero-order valence-corrected chi connectivity index (χ0v) is 19.0. The number of carbonyl (C=O) groups is 1. The second-order valence-electron chi connectivity index (χ2n) is 7.01. The van der Waals surface area contributed by atoms with Crippen molar-refractivity contribution in [1.82, 2.24) is 4.98 Å². The van der Waals surface area contributed by atoms with Crippen molar-refractivity contribution in [3.63, 3.8) is 0 Å². The molecular formula is C26H20IrNO2-. The summed E-state index contributed by atoms with van der Waals surface area (Å²) in [5.74, 6) is -0.0625. The monoisotopic (exact) mass is 571 g/mol. The van der Waals surface area contributed by atoms with Crippen molar-refractivity contribution in [2.24, 2.45) is 0 Å². The first kappa shape index (κ1) is 21.6. The van der Waals surface area contributed by atoms with Gasteiger partial charge in [0, 0.05) is 31.6 Å². The van der Waals surface area contributed by atoms with Crippen LogP contribution < -0.4 is 0 Å². The number of allylic oxidation sites excluding steroid dienone is 2. The SMILES string of the molecule is CC(=O)C=C(C)O.[Ir].[c-]1ccc2ccccc2c1-c1cc2c3c(cccc3n1)C=C2. The molecule has 0 saturated carbocycles. The Balaban J connectivity index is 0.000000281. The van der Waals surface area contributed by atoms with Crippen molar-refractivity contribution in [2.45, 2.75) is 13.8 Å². The molecule has 1 radical (unpaired) electrons. The van der Waals surface area contributed by atoms with E-state index in [0.29, 0.717) is 0 Å². The standard InChI is InChI=1S/C21H12N.C5H8O2.Ir/c1-2-8-17-14(5-1)6-3-9-18(17)20-13-16-12-11-15-7-4-10-19(22-20)21(15)16;1-4(6)3-5(2)7;/h1-8,10-13H;3,6H,1-2H3;/q-1;;. The zero-order chi connectivity index (χ0) is 20.4. The summed E-state index contributed by atoms with van der Waals surface area (Å²) in [6.45, 7) is 2.85. The number of fused-ring (bicyclic) bond motifs is 1. The molecule has 0 atom stereocenters. The first-order valence-corrected chi connectivity index (χ1v) is 9.42. The van der Waals surface area contributed by atoms with E-state index in [1.807, 2.05) is 6.07 Å². The Labute approximate surface area is 189 Å². The molecule has 0 saturated heterocycles. The number of hydrogen-bond donors (Lipinski definition) is 1. The Morgan fingerprint density at radius 1 is 1.00 bits per heavy atom. The molecular weight excluding hydrogens is 551 g/mol. The number of benzene rings is 3. The molecule has 0 amide bonds. The molecule has 1 heterocycles. The Morgan fingerprint density at radius 3 is 2.50 bits per heavy atom. The second kappa shape index (κ2) is 9.17. The molecule has 3 nitrogen and oxygen atoms in total. The van der Waals surface area contributed by atoms with Crippen LogP contribution in [-0.4, -0.2) is 15.9 Å².